The van der Waals surface area contributed by atoms with Gasteiger partial charge in [0.1, 0.15) is 11.6 Å². The molecule has 0 bridgehead atoms. The summed E-state index contributed by atoms with van der Waals surface area (Å²) in [5.41, 5.74) is 4.64. The van der Waals surface area contributed by atoms with Crippen molar-refractivity contribution < 1.29 is 18.6 Å². The first kappa shape index (κ1) is 19.7. The van der Waals surface area contributed by atoms with Crippen LogP contribution in [0.25, 0.3) is 5.52 Å². The molecule has 1 saturated heterocycles. The van der Waals surface area contributed by atoms with Gasteiger partial charge >= 0.3 is 0 Å². The molecule has 1 aliphatic heterocycles. The fourth-order valence-corrected chi connectivity index (χ4v) is 3.68. The predicted octanol–water partition coefficient (Wildman–Crippen LogP) is 2.68. The van der Waals surface area contributed by atoms with Crippen molar-refractivity contribution in [1.82, 2.24) is 14.6 Å². The van der Waals surface area contributed by atoms with Crippen LogP contribution in [0.15, 0.2) is 6.20 Å². The number of aromatic nitrogens is 3. The van der Waals surface area contributed by atoms with Crippen LogP contribution in [0.5, 0.6) is 0 Å². The van der Waals surface area contributed by atoms with Gasteiger partial charge < -0.3 is 15.6 Å². The minimum Gasteiger partial charge on any atom is -0.391 e. The van der Waals surface area contributed by atoms with Crippen LogP contribution >= 0.6 is 11.6 Å². The Morgan fingerprint density at radius 1 is 1.44 bits per heavy atom. The number of rotatable bonds is 2. The Kier molecular flexibility index (Phi) is 5.79. The van der Waals surface area contributed by atoms with Crippen LogP contribution in [0.1, 0.15) is 43.4 Å². The van der Waals surface area contributed by atoms with E-state index in [0.717, 1.165) is 19.4 Å². The lowest BCUT2D eigenvalue weighted by Crippen LogP contribution is -2.43. The van der Waals surface area contributed by atoms with Crippen LogP contribution in [0.2, 0.25) is 5.02 Å². The van der Waals surface area contributed by atoms with Gasteiger partial charge in [-0.15, -0.1) is 5.10 Å². The molecule has 4 rings (SSSR count). The molecule has 0 radical (unpaired) electrons. The molecular weight excluding hydrogens is 380 g/mol. The molecule has 10 heteroatoms. The molecule has 2 aliphatic rings. The van der Waals surface area contributed by atoms with Gasteiger partial charge in [0.05, 0.1) is 40.6 Å². The summed E-state index contributed by atoms with van der Waals surface area (Å²) < 4.78 is 33.2. The highest BCUT2D eigenvalue weighted by Crippen LogP contribution is 2.51. The van der Waals surface area contributed by atoms with E-state index >= 15 is 0 Å². The largest absolute Gasteiger partial charge is 0.391 e. The maximum Gasteiger partial charge on any atom is 0.249 e. The number of fused-ring (bicyclic) bond motifs is 1. The fourth-order valence-electron chi connectivity index (χ4n) is 3.42. The molecule has 0 aromatic carbocycles. The number of hydrogen-bond donors (Lipinski definition) is 2. The maximum absolute atomic E-state index is 13.5. The van der Waals surface area contributed by atoms with E-state index in [0.29, 0.717) is 31.4 Å². The second-order valence-corrected chi connectivity index (χ2v) is 7.12. The van der Waals surface area contributed by atoms with Crippen molar-refractivity contribution in [2.45, 2.75) is 50.0 Å². The lowest BCUT2D eigenvalue weighted by molar-refractivity contribution is -0.00535. The van der Waals surface area contributed by atoms with Gasteiger partial charge in [0, 0.05) is 6.61 Å². The van der Waals surface area contributed by atoms with Crippen molar-refractivity contribution in [3.8, 4) is 6.07 Å². The van der Waals surface area contributed by atoms with Gasteiger partial charge in [-0.2, -0.15) is 5.26 Å². The van der Waals surface area contributed by atoms with Gasteiger partial charge in [-0.1, -0.05) is 18.0 Å². The number of aliphatic hydroxyl groups is 1. The summed E-state index contributed by atoms with van der Waals surface area (Å²) in [6, 6.07) is 1.91. The zero-order chi connectivity index (χ0) is 19.6. The van der Waals surface area contributed by atoms with Gasteiger partial charge in [-0.3, -0.25) is 0 Å². The van der Waals surface area contributed by atoms with Crippen molar-refractivity contribution in [3.05, 3.63) is 22.5 Å². The van der Waals surface area contributed by atoms with Crippen molar-refractivity contribution in [2.75, 3.05) is 18.9 Å². The zero-order valence-corrected chi connectivity index (χ0v) is 15.3. The van der Waals surface area contributed by atoms with E-state index in [1.165, 1.54) is 10.7 Å². The van der Waals surface area contributed by atoms with Crippen LogP contribution in [0, 0.1) is 11.3 Å². The molecule has 0 amide bonds. The van der Waals surface area contributed by atoms with Gasteiger partial charge in [0.25, 0.3) is 0 Å². The number of nitriles is 1. The van der Waals surface area contributed by atoms with E-state index in [2.05, 4.69) is 10.1 Å². The molecule has 2 aromatic rings. The molecule has 27 heavy (non-hydrogen) atoms. The summed E-state index contributed by atoms with van der Waals surface area (Å²) in [4.78, 5) is 3.79. The molecule has 1 atom stereocenters. The first-order valence-electron chi connectivity index (χ1n) is 8.68. The Hall–Kier alpha value is -2.02. The number of ether oxygens (including phenoxy) is 1. The van der Waals surface area contributed by atoms with Gasteiger partial charge in [-0.05, 0) is 25.7 Å². The lowest BCUT2D eigenvalue weighted by atomic mass is 9.66. The topological polar surface area (TPSA) is 109 Å². The smallest absolute Gasteiger partial charge is 0.249 e. The second kappa shape index (κ2) is 7.92. The molecule has 146 valence electrons. The zero-order valence-electron chi connectivity index (χ0n) is 14.5. The molecule has 0 spiro atoms. The number of nitrogen functional groups attached to an aromatic ring is 1. The summed E-state index contributed by atoms with van der Waals surface area (Å²) >= 11 is 6.10. The average Bonchev–Trinajstić information content (AvgIpc) is 2.87. The van der Waals surface area contributed by atoms with E-state index < -0.39 is 11.8 Å². The number of anilines is 1. The first-order valence-corrected chi connectivity index (χ1v) is 9.05. The minimum absolute atomic E-state index is 0.0339. The monoisotopic (exact) mass is 399 g/mol. The Bertz CT molecular complexity index is 857. The normalized spacial score (nSPS) is 21.3. The number of hydrogen-bond acceptors (Lipinski definition) is 6. The highest BCUT2D eigenvalue weighted by atomic mass is 35.5. The molecule has 2 aromatic heterocycles. The number of alkyl halides is 2. The Morgan fingerprint density at radius 2 is 2.19 bits per heavy atom. The third-order valence-corrected chi connectivity index (χ3v) is 5.41. The fraction of sp³-hybridized carbons (Fsp3) is 0.588. The van der Waals surface area contributed by atoms with Gasteiger partial charge in [0.15, 0.2) is 0 Å². The summed E-state index contributed by atoms with van der Waals surface area (Å²) in [7, 11) is 0. The third-order valence-electron chi connectivity index (χ3n) is 5.03. The molecule has 1 aliphatic carbocycles. The summed E-state index contributed by atoms with van der Waals surface area (Å²) in [6.45, 7) is 1.37. The highest BCUT2D eigenvalue weighted by Gasteiger charge is 2.51. The molecule has 3 heterocycles. The number of aliphatic hydroxyl groups excluding tert-OH is 1. The SMILES string of the molecule is N#Cc1c(Cl)c2cnc(N)nn2c1C1(C(F)F)CCC1.OC1CCCOC1. The van der Waals surface area contributed by atoms with E-state index in [1.807, 2.05) is 6.07 Å². The summed E-state index contributed by atoms with van der Waals surface area (Å²) in [5, 5.41) is 22.1. The van der Waals surface area contributed by atoms with Crippen LogP contribution in [-0.2, 0) is 10.2 Å². The number of halogens is 3. The Morgan fingerprint density at radius 3 is 2.63 bits per heavy atom. The average molecular weight is 400 g/mol. The molecule has 1 unspecified atom stereocenters. The first-order chi connectivity index (χ1) is 12.9. The van der Waals surface area contributed by atoms with Gasteiger partial charge in [-0.25, -0.2) is 18.3 Å². The third kappa shape index (κ3) is 3.57. The van der Waals surface area contributed by atoms with Crippen molar-refractivity contribution in [1.29, 1.82) is 5.26 Å². The van der Waals surface area contributed by atoms with Crippen molar-refractivity contribution in [3.63, 3.8) is 0 Å². The Balaban J connectivity index is 0.000000253. The van der Waals surface area contributed by atoms with Crippen LogP contribution in [0.4, 0.5) is 14.7 Å². The molecule has 1 saturated carbocycles. The highest BCUT2D eigenvalue weighted by molar-refractivity contribution is 6.35. The minimum atomic E-state index is -2.59. The Labute approximate surface area is 159 Å². The predicted molar refractivity (Wildman–Crippen MR) is 94.7 cm³/mol. The van der Waals surface area contributed by atoms with Crippen LogP contribution in [-0.4, -0.2) is 45.4 Å². The molecular formula is C17H20ClF2N5O2. The van der Waals surface area contributed by atoms with Crippen LogP contribution < -0.4 is 5.73 Å². The van der Waals surface area contributed by atoms with Crippen molar-refractivity contribution >= 4 is 23.1 Å². The van der Waals surface area contributed by atoms with Crippen LogP contribution in [0.3, 0.4) is 0 Å². The summed E-state index contributed by atoms with van der Waals surface area (Å²) in [5.74, 6) is -0.0568. The van der Waals surface area contributed by atoms with E-state index in [9.17, 15) is 14.0 Å². The quantitative estimate of drug-likeness (QED) is 0.803. The van der Waals surface area contributed by atoms with Gasteiger partial charge in [0.2, 0.25) is 12.4 Å². The lowest BCUT2D eigenvalue weighted by Gasteiger charge is -2.40. The maximum atomic E-state index is 13.5. The standard InChI is InChI=1S/C12H10ClF2N5.C5H10O2/c13-8-6(4-16)9(12(10(14)15)2-1-3-12)20-7(8)5-18-11(17)19-20;6-5-2-1-3-7-4-5/h5,10H,1-3H2,(H2,17,19);5-6H,1-4H2. The second-order valence-electron chi connectivity index (χ2n) is 6.74. The van der Waals surface area contributed by atoms with Crippen molar-refractivity contribution in [2.24, 2.45) is 0 Å². The van der Waals surface area contributed by atoms with E-state index in [-0.39, 0.29) is 28.3 Å². The number of nitrogens with two attached hydrogens (primary N) is 1. The van der Waals surface area contributed by atoms with E-state index in [4.69, 9.17) is 27.2 Å². The number of nitrogens with zero attached hydrogens (tertiary/aromatic N) is 4. The molecule has 7 nitrogen and oxygen atoms in total. The molecule has 2 fully saturated rings. The molecule has 3 N–H and O–H groups in total. The van der Waals surface area contributed by atoms with E-state index in [1.54, 1.807) is 0 Å². The summed E-state index contributed by atoms with van der Waals surface area (Å²) in [6.07, 6.45) is 1.77.